The van der Waals surface area contributed by atoms with E-state index in [1.807, 2.05) is 30.3 Å². The fraction of sp³-hybridized carbons (Fsp3) is 0.0833. The fourth-order valence-corrected chi connectivity index (χ4v) is 3.29. The van der Waals surface area contributed by atoms with E-state index in [-0.39, 0.29) is 0 Å². The molecule has 0 fully saturated rings. The van der Waals surface area contributed by atoms with Crippen LogP contribution in [0.4, 0.5) is 0 Å². The Labute approximate surface area is 164 Å². The molecule has 4 rings (SSSR count). The minimum absolute atomic E-state index is 0.832. The predicted molar refractivity (Wildman–Crippen MR) is 111 cm³/mol. The minimum Gasteiger partial charge on any atom is -0.497 e. The number of hydrogen-bond donors (Lipinski definition) is 0. The van der Waals surface area contributed by atoms with Crippen LogP contribution in [-0.4, -0.2) is 24.2 Å². The van der Waals surface area contributed by atoms with Crippen LogP contribution >= 0.6 is 0 Å². The van der Waals surface area contributed by atoms with E-state index in [0.717, 1.165) is 45.0 Å². The van der Waals surface area contributed by atoms with Crippen molar-refractivity contribution < 1.29 is 9.47 Å². The summed E-state index contributed by atoms with van der Waals surface area (Å²) in [5.41, 5.74) is 6.37. The highest BCUT2D eigenvalue weighted by atomic mass is 16.5. The molecule has 4 heteroatoms. The first-order chi connectivity index (χ1) is 13.8. The van der Waals surface area contributed by atoms with E-state index in [1.165, 1.54) is 0 Å². The number of methoxy groups -OCH3 is 2. The second-order valence-corrected chi connectivity index (χ2v) is 6.28. The SMILES string of the molecule is COc1ccc(-c2cccc(-c3ccc(OC)cc3)c2-c2ccncn2)cc1. The number of nitrogens with zero attached hydrogens (tertiary/aromatic N) is 2. The number of hydrogen-bond acceptors (Lipinski definition) is 4. The van der Waals surface area contributed by atoms with E-state index in [4.69, 9.17) is 9.47 Å². The maximum Gasteiger partial charge on any atom is 0.118 e. The van der Waals surface area contributed by atoms with Gasteiger partial charge in [-0.1, -0.05) is 42.5 Å². The van der Waals surface area contributed by atoms with Crippen molar-refractivity contribution in [3.05, 3.63) is 85.3 Å². The Balaban J connectivity index is 1.93. The van der Waals surface area contributed by atoms with Crippen molar-refractivity contribution in [1.82, 2.24) is 9.97 Å². The van der Waals surface area contributed by atoms with Gasteiger partial charge in [0.1, 0.15) is 17.8 Å². The summed E-state index contributed by atoms with van der Waals surface area (Å²) in [6.45, 7) is 0. The van der Waals surface area contributed by atoms with Crippen molar-refractivity contribution in [3.63, 3.8) is 0 Å². The first kappa shape index (κ1) is 17.7. The highest BCUT2D eigenvalue weighted by Crippen LogP contribution is 2.39. The van der Waals surface area contributed by atoms with Crippen LogP contribution in [0.25, 0.3) is 33.5 Å². The van der Waals surface area contributed by atoms with E-state index in [0.29, 0.717) is 0 Å². The largest absolute Gasteiger partial charge is 0.497 e. The van der Waals surface area contributed by atoms with Gasteiger partial charge in [0.25, 0.3) is 0 Å². The number of ether oxygens (including phenoxy) is 2. The van der Waals surface area contributed by atoms with Crippen LogP contribution in [0, 0.1) is 0 Å². The maximum absolute atomic E-state index is 5.30. The Bertz CT molecular complexity index is 994. The van der Waals surface area contributed by atoms with Crippen molar-refractivity contribution >= 4 is 0 Å². The molecule has 4 nitrogen and oxygen atoms in total. The van der Waals surface area contributed by atoms with Crippen molar-refractivity contribution in [3.8, 4) is 45.0 Å². The van der Waals surface area contributed by atoms with Crippen LogP contribution in [0.5, 0.6) is 11.5 Å². The molecule has 0 radical (unpaired) electrons. The maximum atomic E-state index is 5.30. The Morgan fingerprint density at radius 2 is 1.18 bits per heavy atom. The molecule has 0 spiro atoms. The lowest BCUT2D eigenvalue weighted by Crippen LogP contribution is -1.93. The van der Waals surface area contributed by atoms with Gasteiger partial charge in [-0.05, 0) is 52.6 Å². The van der Waals surface area contributed by atoms with E-state index < -0.39 is 0 Å². The average molecular weight is 368 g/mol. The molecule has 0 amide bonds. The summed E-state index contributed by atoms with van der Waals surface area (Å²) in [5, 5.41) is 0. The monoisotopic (exact) mass is 368 g/mol. The zero-order valence-electron chi connectivity index (χ0n) is 15.8. The molecular weight excluding hydrogens is 348 g/mol. The Hall–Kier alpha value is -3.66. The van der Waals surface area contributed by atoms with Crippen LogP contribution in [0.15, 0.2) is 85.3 Å². The van der Waals surface area contributed by atoms with E-state index in [2.05, 4.69) is 52.4 Å². The van der Waals surface area contributed by atoms with Gasteiger partial charge in [0.15, 0.2) is 0 Å². The van der Waals surface area contributed by atoms with Crippen LogP contribution in [0.3, 0.4) is 0 Å². The Kier molecular flexibility index (Phi) is 5.02. The minimum atomic E-state index is 0.832. The van der Waals surface area contributed by atoms with E-state index in [1.54, 1.807) is 26.7 Å². The number of benzene rings is 3. The highest BCUT2D eigenvalue weighted by Gasteiger charge is 2.15. The Morgan fingerprint density at radius 1 is 0.643 bits per heavy atom. The van der Waals surface area contributed by atoms with Gasteiger partial charge in [-0.25, -0.2) is 9.97 Å². The second-order valence-electron chi connectivity index (χ2n) is 6.28. The molecule has 0 saturated carbocycles. The van der Waals surface area contributed by atoms with E-state index in [9.17, 15) is 0 Å². The smallest absolute Gasteiger partial charge is 0.118 e. The van der Waals surface area contributed by atoms with Crippen molar-refractivity contribution in [2.75, 3.05) is 14.2 Å². The molecule has 0 bridgehead atoms. The summed E-state index contributed by atoms with van der Waals surface area (Å²) in [6, 6.07) is 24.4. The van der Waals surface area contributed by atoms with Crippen LogP contribution in [0.1, 0.15) is 0 Å². The lowest BCUT2D eigenvalue weighted by molar-refractivity contribution is 0.415. The summed E-state index contributed by atoms with van der Waals surface area (Å²) < 4.78 is 10.6. The molecule has 0 aliphatic heterocycles. The van der Waals surface area contributed by atoms with Crippen LogP contribution in [-0.2, 0) is 0 Å². The fourth-order valence-electron chi connectivity index (χ4n) is 3.29. The molecule has 0 aliphatic rings. The summed E-state index contributed by atoms with van der Waals surface area (Å²) in [4.78, 5) is 8.61. The summed E-state index contributed by atoms with van der Waals surface area (Å²) >= 11 is 0. The van der Waals surface area contributed by atoms with Gasteiger partial charge in [-0.2, -0.15) is 0 Å². The third-order valence-electron chi connectivity index (χ3n) is 4.70. The first-order valence-corrected chi connectivity index (χ1v) is 8.98. The van der Waals surface area contributed by atoms with E-state index >= 15 is 0 Å². The van der Waals surface area contributed by atoms with Gasteiger partial charge in [0, 0.05) is 11.8 Å². The number of aromatic nitrogens is 2. The molecule has 0 saturated heterocycles. The zero-order valence-corrected chi connectivity index (χ0v) is 15.8. The Morgan fingerprint density at radius 3 is 1.61 bits per heavy atom. The first-order valence-electron chi connectivity index (χ1n) is 8.98. The molecule has 3 aromatic carbocycles. The lowest BCUT2D eigenvalue weighted by Gasteiger charge is -2.16. The predicted octanol–water partition coefficient (Wildman–Crippen LogP) is 5.49. The second kappa shape index (κ2) is 7.92. The van der Waals surface area contributed by atoms with Crippen molar-refractivity contribution in [1.29, 1.82) is 0 Å². The van der Waals surface area contributed by atoms with Gasteiger partial charge in [0.2, 0.25) is 0 Å². The average Bonchev–Trinajstić information content (AvgIpc) is 2.79. The summed E-state index contributed by atoms with van der Waals surface area (Å²) in [6.07, 6.45) is 3.35. The van der Waals surface area contributed by atoms with Gasteiger partial charge in [-0.3, -0.25) is 0 Å². The molecule has 0 atom stereocenters. The highest BCUT2D eigenvalue weighted by molar-refractivity contribution is 5.93. The summed E-state index contributed by atoms with van der Waals surface area (Å²) in [5.74, 6) is 1.66. The lowest BCUT2D eigenvalue weighted by atomic mass is 9.90. The molecule has 0 unspecified atom stereocenters. The van der Waals surface area contributed by atoms with Gasteiger partial charge in [-0.15, -0.1) is 0 Å². The number of rotatable bonds is 5. The molecule has 28 heavy (non-hydrogen) atoms. The topological polar surface area (TPSA) is 44.2 Å². The third kappa shape index (κ3) is 3.45. The molecule has 1 heterocycles. The zero-order chi connectivity index (χ0) is 19.3. The standard InChI is InChI=1S/C24H20N2O2/c1-27-19-10-6-17(7-11-19)21-4-3-5-22(18-8-12-20(28-2)13-9-18)24(21)23-14-15-25-16-26-23/h3-16H,1-2H3. The van der Waals surface area contributed by atoms with Crippen molar-refractivity contribution in [2.45, 2.75) is 0 Å². The molecule has 4 aromatic rings. The summed E-state index contributed by atoms with van der Waals surface area (Å²) in [7, 11) is 3.34. The third-order valence-corrected chi connectivity index (χ3v) is 4.70. The quantitative estimate of drug-likeness (QED) is 0.467. The molecular formula is C24H20N2O2. The van der Waals surface area contributed by atoms with Crippen molar-refractivity contribution in [2.24, 2.45) is 0 Å². The van der Waals surface area contributed by atoms with Gasteiger partial charge < -0.3 is 9.47 Å². The molecule has 0 N–H and O–H groups in total. The molecule has 0 aliphatic carbocycles. The molecule has 138 valence electrons. The van der Waals surface area contributed by atoms with Crippen LogP contribution < -0.4 is 9.47 Å². The van der Waals surface area contributed by atoms with Crippen LogP contribution in [0.2, 0.25) is 0 Å². The van der Waals surface area contributed by atoms with Gasteiger partial charge in [0.05, 0.1) is 19.9 Å². The normalized spacial score (nSPS) is 10.5. The molecule has 1 aromatic heterocycles. The van der Waals surface area contributed by atoms with Gasteiger partial charge >= 0.3 is 0 Å².